The molecule has 1 amide bonds. The van der Waals surface area contributed by atoms with Crippen molar-refractivity contribution in [3.05, 3.63) is 126 Å². The average Bonchev–Trinajstić information content (AvgIpc) is 3.84. The predicted octanol–water partition coefficient (Wildman–Crippen LogP) is 5.58. The van der Waals surface area contributed by atoms with E-state index in [1.807, 2.05) is 74.5 Å². The summed E-state index contributed by atoms with van der Waals surface area (Å²) in [5.74, 6) is 0.235. The maximum Gasteiger partial charge on any atom is 0.407 e. The summed E-state index contributed by atoms with van der Waals surface area (Å²) in [6.07, 6.45) is 0.647. The Bertz CT molecular complexity index is 2030. The molecule has 2 aliphatic heterocycles. The van der Waals surface area contributed by atoms with Gasteiger partial charge in [0.05, 0.1) is 44.5 Å². The zero-order valence-corrected chi connectivity index (χ0v) is 34.7. The van der Waals surface area contributed by atoms with Gasteiger partial charge in [-0.3, -0.25) is 4.57 Å². The molecule has 0 aliphatic carbocycles. The third kappa shape index (κ3) is 12.2. The fourth-order valence-electron chi connectivity index (χ4n) is 6.76. The van der Waals surface area contributed by atoms with Gasteiger partial charge in [-0.15, -0.1) is 0 Å². The number of nitrogens with one attached hydrogen (secondary N) is 1. The Balaban J connectivity index is 1.16. The van der Waals surface area contributed by atoms with Crippen LogP contribution in [0.2, 0.25) is 0 Å². The van der Waals surface area contributed by atoms with Crippen LogP contribution >= 0.6 is 7.60 Å². The van der Waals surface area contributed by atoms with Gasteiger partial charge in [0.15, 0.2) is 25.0 Å². The number of sulfonamides is 1. The number of aromatic nitrogens is 1. The molecule has 16 heteroatoms. The molecule has 3 aromatic carbocycles. The number of fused-ring (bicyclic) bond motifs is 1. The van der Waals surface area contributed by atoms with Crippen molar-refractivity contribution in [3.8, 4) is 5.75 Å². The van der Waals surface area contributed by atoms with Gasteiger partial charge >= 0.3 is 13.7 Å². The SMILES string of the molecule is CC(C)CN(C[C@@H](O)[C@H](Cc1ccc(OCP(=O)(OCc2ccccc2)OCc2ccccc2)cc1)NC(=O)O[C@H]1CO[C@H]2OCC[C@H]21)S(=O)(=O)c1ccc[n+](C)c1. The smallest absolute Gasteiger partial charge is 0.407 e. The monoisotopic (exact) mass is 838 g/mol. The summed E-state index contributed by atoms with van der Waals surface area (Å²) in [4.78, 5) is 13.5. The van der Waals surface area contributed by atoms with Gasteiger partial charge < -0.3 is 38.4 Å². The van der Waals surface area contributed by atoms with E-state index in [2.05, 4.69) is 5.32 Å². The van der Waals surface area contributed by atoms with Crippen LogP contribution in [0, 0.1) is 11.8 Å². The standard InChI is InChI=1S/C42H52N3O11PS/c1-31(2)24-45(58(49,50)36-15-10-21-44(3)25-36)26-39(46)38(43-42(47)56-40-29-52-41-37(40)20-22-51-41)23-32-16-18-35(19-17-32)53-30-57(48,54-27-33-11-6-4-7-12-33)55-28-34-13-8-5-9-14-34/h4-19,21,25,31,37-41,46H,20,22-24,26-30H2,1-3H3/p+1/t37-,38-,39+,40-,41+/m0/s1. The normalized spacial score (nSPS) is 19.2. The second-order valence-corrected chi connectivity index (χ2v) is 18.9. The topological polar surface area (TPSA) is 163 Å². The van der Waals surface area contributed by atoms with Crippen LogP contribution in [0.4, 0.5) is 4.79 Å². The molecular weight excluding hydrogens is 786 g/mol. The lowest BCUT2D eigenvalue weighted by Crippen LogP contribution is -2.52. The number of aliphatic hydroxyl groups is 1. The first-order chi connectivity index (χ1) is 27.9. The molecule has 3 heterocycles. The van der Waals surface area contributed by atoms with Crippen LogP contribution in [0.1, 0.15) is 37.0 Å². The number of pyridine rings is 1. The van der Waals surface area contributed by atoms with Crippen molar-refractivity contribution in [1.82, 2.24) is 9.62 Å². The largest absolute Gasteiger partial charge is 0.481 e. The van der Waals surface area contributed by atoms with E-state index in [0.29, 0.717) is 24.3 Å². The van der Waals surface area contributed by atoms with Gasteiger partial charge in [-0.2, -0.15) is 4.31 Å². The lowest BCUT2D eigenvalue weighted by molar-refractivity contribution is -0.673. The molecule has 1 aromatic heterocycles. The van der Waals surface area contributed by atoms with E-state index in [-0.39, 0.29) is 62.4 Å². The third-order valence-corrected chi connectivity index (χ3v) is 13.1. The second-order valence-electron chi connectivity index (χ2n) is 15.0. The van der Waals surface area contributed by atoms with Crippen LogP contribution in [0.25, 0.3) is 0 Å². The Morgan fingerprint density at radius 2 is 1.57 bits per heavy atom. The maximum absolute atomic E-state index is 13.9. The van der Waals surface area contributed by atoms with Crippen LogP contribution < -0.4 is 14.6 Å². The fourth-order valence-corrected chi connectivity index (χ4v) is 9.68. The molecule has 2 saturated heterocycles. The van der Waals surface area contributed by atoms with Gasteiger partial charge in [-0.05, 0) is 53.6 Å². The number of hydrogen-bond donors (Lipinski definition) is 2. The van der Waals surface area contributed by atoms with E-state index >= 15 is 0 Å². The summed E-state index contributed by atoms with van der Waals surface area (Å²) < 4.78 is 79.3. The molecule has 2 fully saturated rings. The zero-order chi connectivity index (χ0) is 41.1. The molecule has 4 aromatic rings. The summed E-state index contributed by atoms with van der Waals surface area (Å²) in [5.41, 5.74) is 2.36. The molecule has 14 nitrogen and oxygen atoms in total. The number of ether oxygens (including phenoxy) is 4. The molecule has 312 valence electrons. The molecule has 0 spiro atoms. The minimum absolute atomic E-state index is 0.0601. The van der Waals surface area contributed by atoms with E-state index in [4.69, 9.17) is 28.0 Å². The van der Waals surface area contributed by atoms with Crippen LogP contribution in [0.3, 0.4) is 0 Å². The van der Waals surface area contributed by atoms with Gasteiger partial charge in [-0.25, -0.2) is 17.8 Å². The summed E-state index contributed by atoms with van der Waals surface area (Å²) in [6.45, 7) is 4.46. The Morgan fingerprint density at radius 3 is 2.19 bits per heavy atom. The van der Waals surface area contributed by atoms with E-state index in [1.54, 1.807) is 48.1 Å². The number of aryl methyl sites for hydroxylation is 1. The van der Waals surface area contributed by atoms with Gasteiger partial charge in [0, 0.05) is 19.2 Å². The highest BCUT2D eigenvalue weighted by Gasteiger charge is 2.44. The minimum atomic E-state index is -4.02. The van der Waals surface area contributed by atoms with Crippen molar-refractivity contribution in [3.63, 3.8) is 0 Å². The highest BCUT2D eigenvalue weighted by Crippen LogP contribution is 2.49. The third-order valence-electron chi connectivity index (χ3n) is 9.83. The molecule has 0 unspecified atom stereocenters. The van der Waals surface area contributed by atoms with Crippen molar-refractivity contribution in [2.45, 2.75) is 69.3 Å². The average molecular weight is 839 g/mol. The number of benzene rings is 3. The van der Waals surface area contributed by atoms with Gasteiger partial charge in [0.25, 0.3) is 0 Å². The maximum atomic E-state index is 13.9. The lowest BCUT2D eigenvalue weighted by Gasteiger charge is -2.30. The van der Waals surface area contributed by atoms with Crippen molar-refractivity contribution in [2.24, 2.45) is 18.9 Å². The van der Waals surface area contributed by atoms with Crippen molar-refractivity contribution in [1.29, 1.82) is 0 Å². The van der Waals surface area contributed by atoms with Gasteiger partial charge in [0.1, 0.15) is 23.8 Å². The second kappa shape index (κ2) is 20.2. The molecule has 5 atom stereocenters. The lowest BCUT2D eigenvalue weighted by atomic mass is 10.0. The number of amides is 1. The van der Waals surface area contributed by atoms with Crippen LogP contribution in [0.5, 0.6) is 5.75 Å². The van der Waals surface area contributed by atoms with Gasteiger partial charge in [0.2, 0.25) is 10.0 Å². The molecule has 0 bridgehead atoms. The molecule has 6 rings (SSSR count). The number of rotatable bonds is 20. The molecule has 0 saturated carbocycles. The number of nitrogens with zero attached hydrogens (tertiary/aromatic N) is 2. The van der Waals surface area contributed by atoms with Crippen molar-refractivity contribution < 1.29 is 55.4 Å². The quantitative estimate of drug-likeness (QED) is 0.0845. The number of carbonyl (C=O) groups is 1. The Morgan fingerprint density at radius 1 is 0.914 bits per heavy atom. The van der Waals surface area contributed by atoms with E-state index in [0.717, 1.165) is 11.1 Å². The Kier molecular flexibility index (Phi) is 15.1. The van der Waals surface area contributed by atoms with Gasteiger partial charge in [-0.1, -0.05) is 86.6 Å². The number of aliphatic hydroxyl groups excluding tert-OH is 1. The summed E-state index contributed by atoms with van der Waals surface area (Å²) in [7, 11) is -6.04. The Hall–Kier alpha value is -4.18. The van der Waals surface area contributed by atoms with Crippen molar-refractivity contribution in [2.75, 3.05) is 32.7 Å². The first-order valence-corrected chi connectivity index (χ1v) is 22.6. The first-order valence-electron chi connectivity index (χ1n) is 19.4. The minimum Gasteiger partial charge on any atom is -0.481 e. The Labute approximate surface area is 340 Å². The highest BCUT2D eigenvalue weighted by atomic mass is 32.2. The number of carbonyl (C=O) groups excluding carboxylic acids is 1. The molecular formula is C42H53N3O11PS+. The zero-order valence-electron chi connectivity index (χ0n) is 33.0. The summed E-state index contributed by atoms with van der Waals surface area (Å²) >= 11 is 0. The van der Waals surface area contributed by atoms with E-state index < -0.39 is 48.3 Å². The molecule has 0 radical (unpaired) electrons. The fraction of sp³-hybridized carbons (Fsp3) is 0.429. The molecule has 2 aliphatic rings. The summed E-state index contributed by atoms with van der Waals surface area (Å²) in [6, 6.07) is 27.8. The predicted molar refractivity (Wildman–Crippen MR) is 214 cm³/mol. The first kappa shape index (κ1) is 43.4. The van der Waals surface area contributed by atoms with Crippen LogP contribution in [0.15, 0.2) is 114 Å². The molecule has 2 N–H and O–H groups in total. The number of hydrogen-bond acceptors (Lipinski definition) is 11. The number of alkyl carbamates (subject to hydrolysis) is 1. The van der Waals surface area contributed by atoms with Crippen molar-refractivity contribution >= 4 is 23.7 Å². The highest BCUT2D eigenvalue weighted by molar-refractivity contribution is 7.89. The molecule has 58 heavy (non-hydrogen) atoms. The van der Waals surface area contributed by atoms with E-state index in [1.165, 1.54) is 16.6 Å². The van der Waals surface area contributed by atoms with E-state index in [9.17, 15) is 22.9 Å². The van der Waals surface area contributed by atoms with Crippen LogP contribution in [-0.2, 0) is 64.5 Å². The van der Waals surface area contributed by atoms with Crippen LogP contribution in [-0.4, -0.2) is 81.1 Å². The summed E-state index contributed by atoms with van der Waals surface area (Å²) in [5, 5.41) is 14.6.